The summed E-state index contributed by atoms with van der Waals surface area (Å²) < 4.78 is 1.41. The summed E-state index contributed by atoms with van der Waals surface area (Å²) in [5.74, 6) is -2.16. The van der Waals surface area contributed by atoms with E-state index in [-0.39, 0.29) is 11.3 Å². The van der Waals surface area contributed by atoms with Crippen molar-refractivity contribution >= 4 is 34.7 Å². The van der Waals surface area contributed by atoms with Crippen molar-refractivity contribution in [1.29, 1.82) is 0 Å². The lowest BCUT2D eigenvalue weighted by molar-refractivity contribution is -0.133. The van der Waals surface area contributed by atoms with Crippen LogP contribution < -0.4 is 0 Å². The molecule has 2 N–H and O–H groups in total. The number of aliphatic carboxylic acids is 1. The van der Waals surface area contributed by atoms with Gasteiger partial charge in [0.25, 0.3) is 0 Å². The molecule has 0 aliphatic rings. The van der Waals surface area contributed by atoms with Gasteiger partial charge in [0.05, 0.1) is 28.6 Å². The van der Waals surface area contributed by atoms with Crippen LogP contribution in [0.5, 0.6) is 0 Å². The molecule has 0 atom stereocenters. The summed E-state index contributed by atoms with van der Waals surface area (Å²) in [6, 6.07) is 6.44. The highest BCUT2D eigenvalue weighted by molar-refractivity contribution is 8.00. The largest absolute Gasteiger partial charge is 0.481 e. The number of hydrogen-bond acceptors (Lipinski definition) is 6. The zero-order valence-electron chi connectivity index (χ0n) is 11.6. The molecule has 0 bridgehead atoms. The summed E-state index contributed by atoms with van der Waals surface area (Å²) in [5.41, 5.74) is 0.889. The van der Waals surface area contributed by atoms with Crippen molar-refractivity contribution in [2.45, 2.75) is 5.03 Å². The first kappa shape index (κ1) is 15.0. The smallest absolute Gasteiger partial charge is 0.337 e. The molecule has 0 saturated carbocycles. The number of para-hydroxylation sites is 1. The fourth-order valence-electron chi connectivity index (χ4n) is 2.08. The molecule has 0 spiro atoms. The molecule has 0 amide bonds. The summed E-state index contributed by atoms with van der Waals surface area (Å²) in [5, 5.41) is 23.3. The van der Waals surface area contributed by atoms with Gasteiger partial charge in [-0.3, -0.25) is 4.79 Å². The van der Waals surface area contributed by atoms with Crippen LogP contribution in [0.15, 0.2) is 41.8 Å². The predicted octanol–water partition coefficient (Wildman–Crippen LogP) is 1.69. The molecule has 116 valence electrons. The van der Waals surface area contributed by atoms with Crippen molar-refractivity contribution in [3.8, 4) is 5.69 Å². The second-order valence-corrected chi connectivity index (χ2v) is 5.44. The minimum absolute atomic E-state index is 0.0934. The van der Waals surface area contributed by atoms with Crippen LogP contribution in [0, 0.1) is 0 Å². The van der Waals surface area contributed by atoms with Crippen molar-refractivity contribution in [3.63, 3.8) is 0 Å². The predicted molar refractivity (Wildman–Crippen MR) is 82.0 cm³/mol. The Bertz CT molecular complexity index is 909. The molecule has 3 rings (SSSR count). The number of carboxylic acids is 2. The molecule has 0 fully saturated rings. The Morgan fingerprint density at radius 2 is 1.96 bits per heavy atom. The topological polar surface area (TPSA) is 118 Å². The number of fused-ring (bicyclic) bond motifs is 1. The molecule has 23 heavy (non-hydrogen) atoms. The summed E-state index contributed by atoms with van der Waals surface area (Å²) >= 11 is 1.06. The number of hydrogen-bond donors (Lipinski definition) is 2. The first-order valence-corrected chi connectivity index (χ1v) is 7.42. The highest BCUT2D eigenvalue weighted by Crippen LogP contribution is 2.26. The highest BCUT2D eigenvalue weighted by atomic mass is 32.2. The molecule has 0 saturated heterocycles. The van der Waals surface area contributed by atoms with Gasteiger partial charge in [0, 0.05) is 0 Å². The SMILES string of the molecule is O=C(O)CSc1ncnc2c1cnn2-c1ccccc1C(=O)O. The van der Waals surface area contributed by atoms with Crippen LogP contribution in [0.2, 0.25) is 0 Å². The number of rotatable bonds is 5. The second-order valence-electron chi connectivity index (χ2n) is 4.48. The van der Waals surface area contributed by atoms with E-state index < -0.39 is 11.9 Å². The van der Waals surface area contributed by atoms with Gasteiger partial charge in [-0.2, -0.15) is 5.10 Å². The fraction of sp³-hybridized carbons (Fsp3) is 0.0714. The minimum atomic E-state index is -1.07. The van der Waals surface area contributed by atoms with Crippen LogP contribution in [-0.4, -0.2) is 47.7 Å². The average molecular weight is 330 g/mol. The molecule has 2 aromatic heterocycles. The molecule has 0 radical (unpaired) electrons. The maximum atomic E-state index is 11.4. The minimum Gasteiger partial charge on any atom is -0.481 e. The number of benzene rings is 1. The number of carbonyl (C=O) groups is 2. The number of carboxylic acid groups (broad SMARTS) is 2. The number of nitrogens with zero attached hydrogens (tertiary/aromatic N) is 4. The molecule has 9 heteroatoms. The van der Waals surface area contributed by atoms with Gasteiger partial charge < -0.3 is 10.2 Å². The number of aromatic nitrogens is 4. The number of thioether (sulfide) groups is 1. The van der Waals surface area contributed by atoms with Gasteiger partial charge in [0.1, 0.15) is 11.4 Å². The first-order valence-electron chi connectivity index (χ1n) is 6.44. The monoisotopic (exact) mass is 330 g/mol. The molecular formula is C14H10N4O4S. The van der Waals surface area contributed by atoms with Crippen LogP contribution in [0.3, 0.4) is 0 Å². The Hall–Kier alpha value is -2.94. The van der Waals surface area contributed by atoms with Gasteiger partial charge in [-0.05, 0) is 12.1 Å². The third kappa shape index (κ3) is 2.86. The van der Waals surface area contributed by atoms with Crippen LogP contribution in [0.1, 0.15) is 10.4 Å². The lowest BCUT2D eigenvalue weighted by Gasteiger charge is -2.06. The average Bonchev–Trinajstić information content (AvgIpc) is 2.97. The van der Waals surface area contributed by atoms with Gasteiger partial charge in [-0.1, -0.05) is 23.9 Å². The van der Waals surface area contributed by atoms with Crippen LogP contribution >= 0.6 is 11.8 Å². The normalized spacial score (nSPS) is 10.8. The second kappa shape index (κ2) is 6.05. The quantitative estimate of drug-likeness (QED) is 0.536. The molecule has 1 aromatic carbocycles. The summed E-state index contributed by atoms with van der Waals surface area (Å²) in [6.07, 6.45) is 2.80. The highest BCUT2D eigenvalue weighted by Gasteiger charge is 2.16. The third-order valence-electron chi connectivity index (χ3n) is 3.02. The van der Waals surface area contributed by atoms with Crippen LogP contribution in [0.25, 0.3) is 16.7 Å². The third-order valence-corrected chi connectivity index (χ3v) is 4.01. The van der Waals surface area contributed by atoms with E-state index in [4.69, 9.17) is 5.11 Å². The molecule has 3 aromatic rings. The Balaban J connectivity index is 2.12. The van der Waals surface area contributed by atoms with E-state index >= 15 is 0 Å². The maximum absolute atomic E-state index is 11.4. The molecular weight excluding hydrogens is 320 g/mol. The zero-order valence-corrected chi connectivity index (χ0v) is 12.4. The van der Waals surface area contributed by atoms with E-state index in [1.165, 1.54) is 23.3 Å². The van der Waals surface area contributed by atoms with Gasteiger partial charge in [-0.25, -0.2) is 19.4 Å². The van der Waals surface area contributed by atoms with Crippen LogP contribution in [0.4, 0.5) is 0 Å². The lowest BCUT2D eigenvalue weighted by atomic mass is 10.2. The molecule has 0 aliphatic carbocycles. The van der Waals surface area contributed by atoms with Crippen molar-refractivity contribution < 1.29 is 19.8 Å². The van der Waals surface area contributed by atoms with Gasteiger partial charge in [-0.15, -0.1) is 0 Å². The first-order chi connectivity index (χ1) is 11.1. The van der Waals surface area contributed by atoms with Gasteiger partial charge >= 0.3 is 11.9 Å². The van der Waals surface area contributed by atoms with E-state index in [1.807, 2.05) is 0 Å². The van der Waals surface area contributed by atoms with Crippen molar-refractivity contribution in [3.05, 3.63) is 42.4 Å². The summed E-state index contributed by atoms with van der Waals surface area (Å²) in [4.78, 5) is 30.3. The van der Waals surface area contributed by atoms with Gasteiger partial charge in [0.2, 0.25) is 0 Å². The van der Waals surface area contributed by atoms with E-state index in [9.17, 15) is 14.7 Å². The fourth-order valence-corrected chi connectivity index (χ4v) is 2.76. The Morgan fingerprint density at radius 3 is 2.70 bits per heavy atom. The molecule has 2 heterocycles. The zero-order chi connectivity index (χ0) is 16.4. The number of aromatic carboxylic acids is 1. The Kier molecular flexibility index (Phi) is 3.94. The summed E-state index contributed by atoms with van der Waals surface area (Å²) in [7, 11) is 0. The van der Waals surface area contributed by atoms with Crippen molar-refractivity contribution in [2.75, 3.05) is 5.75 Å². The molecule has 8 nitrogen and oxygen atoms in total. The molecule has 0 unspecified atom stereocenters. The Labute approximate surface area is 133 Å². The molecule has 0 aliphatic heterocycles. The van der Waals surface area contributed by atoms with E-state index in [0.717, 1.165) is 11.8 Å². The van der Waals surface area contributed by atoms with Gasteiger partial charge in [0.15, 0.2) is 5.65 Å². The standard InChI is InChI=1S/C14H10N4O4S/c19-11(20)6-23-13-9-5-17-18(12(9)15-7-16-13)10-4-2-1-3-8(10)14(21)22/h1-5,7H,6H2,(H,19,20)(H,21,22). The van der Waals surface area contributed by atoms with Crippen molar-refractivity contribution in [1.82, 2.24) is 19.7 Å². The van der Waals surface area contributed by atoms with Crippen LogP contribution in [-0.2, 0) is 4.79 Å². The maximum Gasteiger partial charge on any atom is 0.337 e. The Morgan fingerprint density at radius 1 is 1.17 bits per heavy atom. The van der Waals surface area contributed by atoms with E-state index in [1.54, 1.807) is 18.2 Å². The lowest BCUT2D eigenvalue weighted by Crippen LogP contribution is -2.07. The van der Waals surface area contributed by atoms with E-state index in [2.05, 4.69) is 15.1 Å². The van der Waals surface area contributed by atoms with E-state index in [0.29, 0.717) is 21.7 Å². The van der Waals surface area contributed by atoms with Crippen molar-refractivity contribution in [2.24, 2.45) is 0 Å². The summed E-state index contributed by atoms with van der Waals surface area (Å²) in [6.45, 7) is 0.